The average Bonchev–Trinajstić information content (AvgIpc) is 3.14. The van der Waals surface area contributed by atoms with Crippen molar-refractivity contribution in [3.63, 3.8) is 0 Å². The van der Waals surface area contributed by atoms with Crippen molar-refractivity contribution >= 4 is 33.9 Å². The third-order valence-electron chi connectivity index (χ3n) is 4.23. The molecular weight excluding hydrogens is 431 g/mol. The number of ketones is 1. The van der Waals surface area contributed by atoms with Gasteiger partial charge in [-0.05, 0) is 33.3 Å². The first-order valence-corrected chi connectivity index (χ1v) is 10.4. The molecule has 2 aromatic rings. The molecule has 2 N–H and O–H groups in total. The van der Waals surface area contributed by atoms with E-state index in [9.17, 15) is 22.8 Å². The van der Waals surface area contributed by atoms with Gasteiger partial charge >= 0.3 is 12.1 Å². The third kappa shape index (κ3) is 6.61. The monoisotopic (exact) mass is 455 g/mol. The second-order valence-electron chi connectivity index (χ2n) is 7.80. The number of thiazole rings is 1. The van der Waals surface area contributed by atoms with Crippen molar-refractivity contribution < 1.29 is 27.5 Å². The Bertz CT molecular complexity index is 965. The van der Waals surface area contributed by atoms with Crippen molar-refractivity contribution in [2.45, 2.75) is 45.9 Å². The van der Waals surface area contributed by atoms with Crippen LogP contribution in [-0.4, -0.2) is 34.6 Å². The molecule has 0 bridgehead atoms. The molecule has 0 amide bonds. The maximum absolute atomic E-state index is 13.2. The molecule has 168 valence electrons. The molecule has 0 saturated carbocycles. The molecule has 6 nitrogen and oxygen atoms in total. The van der Waals surface area contributed by atoms with E-state index < -0.39 is 40.6 Å². The molecule has 31 heavy (non-hydrogen) atoms. The molecule has 2 rings (SSSR count). The molecule has 0 aliphatic carbocycles. The Balaban J connectivity index is 2.09. The minimum Gasteiger partial charge on any atom is -0.455 e. The van der Waals surface area contributed by atoms with Gasteiger partial charge in [0.2, 0.25) is 5.78 Å². The van der Waals surface area contributed by atoms with Crippen LogP contribution in [0.3, 0.4) is 0 Å². The Hall–Kier alpha value is -2.75. The van der Waals surface area contributed by atoms with E-state index in [4.69, 9.17) is 10.1 Å². The van der Waals surface area contributed by atoms with Crippen molar-refractivity contribution in [2.24, 2.45) is 5.92 Å². The summed E-state index contributed by atoms with van der Waals surface area (Å²) in [6.45, 7) is 7.14. The number of rotatable bonds is 8. The van der Waals surface area contributed by atoms with Crippen LogP contribution < -0.4 is 5.32 Å². The lowest BCUT2D eigenvalue weighted by Gasteiger charge is -2.22. The number of hydrogen-bond donors (Lipinski definition) is 2. The lowest BCUT2D eigenvalue weighted by atomic mass is 10.00. The number of anilines is 1. The Morgan fingerprint density at radius 1 is 1.23 bits per heavy atom. The van der Waals surface area contributed by atoms with Gasteiger partial charge in [0.1, 0.15) is 11.3 Å². The van der Waals surface area contributed by atoms with E-state index in [0.717, 1.165) is 23.5 Å². The summed E-state index contributed by atoms with van der Waals surface area (Å²) in [4.78, 5) is 28.8. The predicted molar refractivity (Wildman–Crippen MR) is 113 cm³/mol. The number of nitrogens with zero attached hydrogens (tertiary/aromatic N) is 1. The fraction of sp³-hybridized carbons (Fsp3) is 0.429. The SMILES string of the molecule is CC[C@@H](CNc1ncc(C(=O)c2ccccc2C(F)(F)F)s1)C(=N)C(=O)OC(C)(C)C. The van der Waals surface area contributed by atoms with Gasteiger partial charge < -0.3 is 10.1 Å². The first-order valence-electron chi connectivity index (χ1n) is 9.56. The fourth-order valence-electron chi connectivity index (χ4n) is 2.68. The summed E-state index contributed by atoms with van der Waals surface area (Å²) in [6, 6.07) is 4.59. The van der Waals surface area contributed by atoms with Gasteiger partial charge in [-0.3, -0.25) is 10.2 Å². The quantitative estimate of drug-likeness (QED) is 0.325. The molecule has 1 aromatic carbocycles. The van der Waals surface area contributed by atoms with Gasteiger partial charge in [-0.25, -0.2) is 9.78 Å². The van der Waals surface area contributed by atoms with Gasteiger partial charge in [0.25, 0.3) is 0 Å². The second-order valence-corrected chi connectivity index (χ2v) is 8.83. The number of hydrogen-bond acceptors (Lipinski definition) is 7. The Kier molecular flexibility index (Phi) is 7.58. The van der Waals surface area contributed by atoms with Gasteiger partial charge in [0.15, 0.2) is 5.13 Å². The summed E-state index contributed by atoms with van der Waals surface area (Å²) in [7, 11) is 0. The van der Waals surface area contributed by atoms with Crippen LogP contribution in [0.4, 0.5) is 18.3 Å². The highest BCUT2D eigenvalue weighted by Crippen LogP contribution is 2.33. The summed E-state index contributed by atoms with van der Waals surface area (Å²) < 4.78 is 44.8. The average molecular weight is 456 g/mol. The van der Waals surface area contributed by atoms with Gasteiger partial charge in [-0.2, -0.15) is 13.2 Å². The van der Waals surface area contributed by atoms with E-state index in [2.05, 4.69) is 10.3 Å². The van der Waals surface area contributed by atoms with Crippen LogP contribution in [0.1, 0.15) is 54.9 Å². The summed E-state index contributed by atoms with van der Waals surface area (Å²) in [5.74, 6) is -1.93. The minimum absolute atomic E-state index is 0.0504. The van der Waals surface area contributed by atoms with Crippen molar-refractivity contribution in [1.29, 1.82) is 5.41 Å². The molecular formula is C21H24F3N3O3S. The van der Waals surface area contributed by atoms with E-state index in [1.807, 2.05) is 6.92 Å². The van der Waals surface area contributed by atoms with Gasteiger partial charge in [0, 0.05) is 18.0 Å². The van der Waals surface area contributed by atoms with Crippen molar-refractivity contribution in [2.75, 3.05) is 11.9 Å². The fourth-order valence-corrected chi connectivity index (χ4v) is 3.46. The lowest BCUT2D eigenvalue weighted by Crippen LogP contribution is -2.34. The first-order chi connectivity index (χ1) is 14.3. The summed E-state index contributed by atoms with van der Waals surface area (Å²) in [5.41, 5.74) is -2.34. The largest absolute Gasteiger partial charge is 0.455 e. The van der Waals surface area contributed by atoms with Gasteiger partial charge in [0.05, 0.1) is 16.6 Å². The highest BCUT2D eigenvalue weighted by Gasteiger charge is 2.35. The molecule has 0 aliphatic heterocycles. The lowest BCUT2D eigenvalue weighted by molar-refractivity contribution is -0.146. The Morgan fingerprint density at radius 2 is 1.87 bits per heavy atom. The van der Waals surface area contributed by atoms with Crippen LogP contribution in [-0.2, 0) is 15.7 Å². The molecule has 0 saturated heterocycles. The smallest absolute Gasteiger partial charge is 0.417 e. The van der Waals surface area contributed by atoms with Crippen LogP contribution in [0, 0.1) is 11.3 Å². The molecule has 1 atom stereocenters. The predicted octanol–water partition coefficient (Wildman–Crippen LogP) is 5.19. The van der Waals surface area contributed by atoms with Crippen molar-refractivity contribution in [1.82, 2.24) is 4.98 Å². The maximum Gasteiger partial charge on any atom is 0.417 e. The molecule has 0 aliphatic rings. The number of ether oxygens (including phenoxy) is 1. The summed E-state index contributed by atoms with van der Waals surface area (Å²) in [6.07, 6.45) is -2.95. The number of carbonyl (C=O) groups is 2. The maximum atomic E-state index is 13.2. The van der Waals surface area contributed by atoms with Gasteiger partial charge in [-0.1, -0.05) is 36.5 Å². The number of esters is 1. The molecule has 0 unspecified atom stereocenters. The number of halogens is 3. The molecule has 1 aromatic heterocycles. The minimum atomic E-state index is -4.64. The zero-order valence-electron chi connectivity index (χ0n) is 17.6. The van der Waals surface area contributed by atoms with E-state index in [-0.39, 0.29) is 17.1 Å². The number of alkyl halides is 3. The standard InChI is InChI=1S/C21H24F3N3O3S/c1-5-12(16(25)18(29)30-20(2,3)4)10-26-19-27-11-15(31-19)17(28)13-8-6-7-9-14(13)21(22,23)24/h6-9,11-12,25H,5,10H2,1-4H3,(H,26,27)/t12-/m0/s1. The van der Waals surface area contributed by atoms with E-state index in [1.54, 1.807) is 20.8 Å². The Labute approximate surface area is 182 Å². The summed E-state index contributed by atoms with van der Waals surface area (Å²) >= 11 is 0.912. The highest BCUT2D eigenvalue weighted by molar-refractivity contribution is 7.17. The third-order valence-corrected chi connectivity index (χ3v) is 5.18. The zero-order valence-corrected chi connectivity index (χ0v) is 18.4. The van der Waals surface area contributed by atoms with E-state index in [0.29, 0.717) is 11.6 Å². The van der Waals surface area contributed by atoms with E-state index in [1.165, 1.54) is 18.3 Å². The Morgan fingerprint density at radius 3 is 2.45 bits per heavy atom. The van der Waals surface area contributed by atoms with Crippen molar-refractivity contribution in [3.8, 4) is 0 Å². The van der Waals surface area contributed by atoms with Crippen molar-refractivity contribution in [3.05, 3.63) is 46.5 Å². The number of carbonyl (C=O) groups excluding carboxylic acids is 2. The summed E-state index contributed by atoms with van der Waals surface area (Å²) in [5, 5.41) is 11.3. The van der Waals surface area contributed by atoms with Crippen LogP contribution in [0.25, 0.3) is 0 Å². The molecule has 0 radical (unpaired) electrons. The highest BCUT2D eigenvalue weighted by atomic mass is 32.1. The van der Waals surface area contributed by atoms with Crippen LogP contribution in [0.15, 0.2) is 30.5 Å². The molecule has 10 heteroatoms. The zero-order chi connectivity index (χ0) is 23.4. The molecule has 1 heterocycles. The number of benzene rings is 1. The number of nitrogens with one attached hydrogen (secondary N) is 2. The molecule has 0 fully saturated rings. The normalized spacial score (nSPS) is 12.9. The number of aromatic nitrogens is 1. The molecule has 0 spiro atoms. The van der Waals surface area contributed by atoms with Gasteiger partial charge in [-0.15, -0.1) is 0 Å². The second kappa shape index (κ2) is 9.59. The van der Waals surface area contributed by atoms with Crippen LogP contribution >= 0.6 is 11.3 Å². The topological polar surface area (TPSA) is 92.1 Å². The first kappa shape index (κ1) is 24.5. The van der Waals surface area contributed by atoms with E-state index >= 15 is 0 Å². The van der Waals surface area contributed by atoms with Crippen LogP contribution in [0.5, 0.6) is 0 Å². The van der Waals surface area contributed by atoms with Crippen LogP contribution in [0.2, 0.25) is 0 Å².